The number of carbonyl (C=O) groups excluding carboxylic acids is 2. The number of rotatable bonds is 5. The lowest BCUT2D eigenvalue weighted by Gasteiger charge is -2.18. The lowest BCUT2D eigenvalue weighted by atomic mass is 10.1. The zero-order valence-electron chi connectivity index (χ0n) is 13.8. The SMILES string of the molecule is O=C(NCCc1ccc(F)cc1)C1CC(=O)N(c2c(F)cccc2F)C1. The van der Waals surface area contributed by atoms with Crippen LogP contribution < -0.4 is 10.2 Å². The highest BCUT2D eigenvalue weighted by atomic mass is 19.1. The summed E-state index contributed by atoms with van der Waals surface area (Å²) in [6, 6.07) is 9.30. The average molecular weight is 362 g/mol. The number of anilines is 1. The monoisotopic (exact) mass is 362 g/mol. The highest BCUT2D eigenvalue weighted by molar-refractivity contribution is 6.00. The zero-order chi connectivity index (χ0) is 18.7. The molecule has 0 radical (unpaired) electrons. The molecule has 1 saturated heterocycles. The van der Waals surface area contributed by atoms with Crippen molar-refractivity contribution in [2.24, 2.45) is 5.92 Å². The fraction of sp³-hybridized carbons (Fsp3) is 0.263. The average Bonchev–Trinajstić information content (AvgIpc) is 2.98. The summed E-state index contributed by atoms with van der Waals surface area (Å²) in [6.45, 7) is 0.252. The molecule has 0 spiro atoms. The quantitative estimate of drug-likeness (QED) is 0.889. The number of hydrogen-bond donors (Lipinski definition) is 1. The maximum absolute atomic E-state index is 13.9. The van der Waals surface area contributed by atoms with Crippen molar-refractivity contribution >= 4 is 17.5 Å². The van der Waals surface area contributed by atoms with Crippen molar-refractivity contribution in [3.8, 4) is 0 Å². The third-order valence-electron chi connectivity index (χ3n) is 4.33. The van der Waals surface area contributed by atoms with Crippen molar-refractivity contribution in [3.05, 3.63) is 65.5 Å². The summed E-state index contributed by atoms with van der Waals surface area (Å²) in [7, 11) is 0. The van der Waals surface area contributed by atoms with E-state index in [1.54, 1.807) is 12.1 Å². The number of benzene rings is 2. The van der Waals surface area contributed by atoms with Gasteiger partial charge in [0, 0.05) is 19.5 Å². The van der Waals surface area contributed by atoms with E-state index in [-0.39, 0.29) is 24.7 Å². The van der Waals surface area contributed by atoms with E-state index in [0.717, 1.165) is 22.6 Å². The smallest absolute Gasteiger partial charge is 0.228 e. The molecule has 0 saturated carbocycles. The van der Waals surface area contributed by atoms with E-state index in [1.807, 2.05) is 0 Å². The van der Waals surface area contributed by atoms with Crippen molar-refractivity contribution in [2.75, 3.05) is 18.0 Å². The molecule has 26 heavy (non-hydrogen) atoms. The number of amides is 2. The van der Waals surface area contributed by atoms with Crippen LogP contribution in [0.25, 0.3) is 0 Å². The van der Waals surface area contributed by atoms with Crippen molar-refractivity contribution in [2.45, 2.75) is 12.8 Å². The van der Waals surface area contributed by atoms with Gasteiger partial charge in [0.15, 0.2) is 0 Å². The van der Waals surface area contributed by atoms with Gasteiger partial charge in [0.2, 0.25) is 11.8 Å². The van der Waals surface area contributed by atoms with Gasteiger partial charge in [-0.05, 0) is 36.2 Å². The van der Waals surface area contributed by atoms with Crippen LogP contribution in [0.4, 0.5) is 18.9 Å². The Kier molecular flexibility index (Phi) is 5.25. The van der Waals surface area contributed by atoms with E-state index >= 15 is 0 Å². The number of halogens is 3. The van der Waals surface area contributed by atoms with Gasteiger partial charge in [0.1, 0.15) is 23.1 Å². The topological polar surface area (TPSA) is 49.4 Å². The van der Waals surface area contributed by atoms with Gasteiger partial charge in [-0.25, -0.2) is 13.2 Å². The minimum atomic E-state index is -0.837. The van der Waals surface area contributed by atoms with E-state index in [0.29, 0.717) is 13.0 Å². The summed E-state index contributed by atoms with van der Waals surface area (Å²) in [6.07, 6.45) is 0.411. The highest BCUT2D eigenvalue weighted by Crippen LogP contribution is 2.29. The Labute approximate surface area is 148 Å². The van der Waals surface area contributed by atoms with E-state index in [4.69, 9.17) is 0 Å². The molecule has 1 N–H and O–H groups in total. The summed E-state index contributed by atoms with van der Waals surface area (Å²) >= 11 is 0. The summed E-state index contributed by atoms with van der Waals surface area (Å²) in [5.74, 6) is -3.52. The van der Waals surface area contributed by atoms with Gasteiger partial charge >= 0.3 is 0 Å². The van der Waals surface area contributed by atoms with Crippen LogP contribution in [-0.2, 0) is 16.0 Å². The van der Waals surface area contributed by atoms with Crippen molar-refractivity contribution < 1.29 is 22.8 Å². The van der Waals surface area contributed by atoms with Gasteiger partial charge in [0.05, 0.1) is 5.92 Å². The maximum Gasteiger partial charge on any atom is 0.228 e. The van der Waals surface area contributed by atoms with Crippen LogP contribution in [0.3, 0.4) is 0 Å². The third-order valence-corrected chi connectivity index (χ3v) is 4.33. The molecule has 2 aromatic rings. The maximum atomic E-state index is 13.9. The number of nitrogens with one attached hydrogen (secondary N) is 1. The van der Waals surface area contributed by atoms with E-state index in [2.05, 4.69) is 5.32 Å². The second-order valence-corrected chi connectivity index (χ2v) is 6.14. The number of carbonyl (C=O) groups is 2. The van der Waals surface area contributed by atoms with Crippen LogP contribution in [0, 0.1) is 23.4 Å². The van der Waals surface area contributed by atoms with Gasteiger partial charge in [0.25, 0.3) is 0 Å². The fourth-order valence-electron chi connectivity index (χ4n) is 2.97. The molecule has 1 unspecified atom stereocenters. The standard InChI is InChI=1S/C19H17F3N2O2/c20-14-6-4-12(5-7-14)8-9-23-19(26)13-10-17(25)24(11-13)18-15(21)2-1-3-16(18)22/h1-7,13H,8-11H2,(H,23,26). The van der Waals surface area contributed by atoms with E-state index in [9.17, 15) is 22.8 Å². The second kappa shape index (κ2) is 7.59. The Morgan fingerprint density at radius 1 is 1.08 bits per heavy atom. The van der Waals surface area contributed by atoms with Gasteiger partial charge in [-0.1, -0.05) is 18.2 Å². The first-order chi connectivity index (χ1) is 12.5. The summed E-state index contributed by atoms with van der Waals surface area (Å²) in [4.78, 5) is 25.3. The van der Waals surface area contributed by atoms with Crippen LogP contribution in [0.5, 0.6) is 0 Å². The largest absolute Gasteiger partial charge is 0.355 e. The molecule has 1 fully saturated rings. The molecule has 4 nitrogen and oxygen atoms in total. The first-order valence-electron chi connectivity index (χ1n) is 8.22. The molecule has 1 heterocycles. The Morgan fingerprint density at radius 2 is 1.73 bits per heavy atom. The van der Waals surface area contributed by atoms with Crippen LogP contribution in [-0.4, -0.2) is 24.9 Å². The predicted molar refractivity (Wildman–Crippen MR) is 89.9 cm³/mol. The second-order valence-electron chi connectivity index (χ2n) is 6.14. The van der Waals surface area contributed by atoms with Crippen LogP contribution in [0.2, 0.25) is 0 Å². The third kappa shape index (κ3) is 3.87. The molecule has 136 valence electrons. The summed E-state index contributed by atoms with van der Waals surface area (Å²) in [5.41, 5.74) is 0.448. The van der Waals surface area contributed by atoms with Crippen LogP contribution in [0.15, 0.2) is 42.5 Å². The van der Waals surface area contributed by atoms with Gasteiger partial charge < -0.3 is 10.2 Å². The van der Waals surface area contributed by atoms with Gasteiger partial charge in [-0.15, -0.1) is 0 Å². The molecule has 0 bridgehead atoms. The van der Waals surface area contributed by atoms with Crippen LogP contribution >= 0.6 is 0 Å². The molecule has 3 rings (SSSR count). The minimum Gasteiger partial charge on any atom is -0.355 e. The number of nitrogens with zero attached hydrogens (tertiary/aromatic N) is 1. The molecule has 7 heteroatoms. The minimum absolute atomic E-state index is 0.0704. The van der Waals surface area contributed by atoms with E-state index < -0.39 is 29.1 Å². The van der Waals surface area contributed by atoms with Crippen molar-refractivity contribution in [3.63, 3.8) is 0 Å². The number of hydrogen-bond acceptors (Lipinski definition) is 2. The molecule has 1 atom stereocenters. The normalized spacial score (nSPS) is 16.8. The number of para-hydroxylation sites is 1. The summed E-state index contributed by atoms with van der Waals surface area (Å²) in [5, 5.41) is 2.71. The molecule has 1 aliphatic heterocycles. The molecule has 0 aliphatic carbocycles. The lowest BCUT2D eigenvalue weighted by Crippen LogP contribution is -2.34. The Bertz CT molecular complexity index is 804. The van der Waals surface area contributed by atoms with E-state index in [1.165, 1.54) is 18.2 Å². The molecule has 0 aromatic heterocycles. The Balaban J connectivity index is 1.58. The van der Waals surface area contributed by atoms with Crippen LogP contribution in [0.1, 0.15) is 12.0 Å². The first-order valence-corrected chi connectivity index (χ1v) is 8.22. The zero-order valence-corrected chi connectivity index (χ0v) is 13.8. The molecule has 1 aliphatic rings. The Morgan fingerprint density at radius 3 is 2.38 bits per heavy atom. The molecule has 2 aromatic carbocycles. The first kappa shape index (κ1) is 18.0. The highest BCUT2D eigenvalue weighted by Gasteiger charge is 2.37. The summed E-state index contributed by atoms with van der Waals surface area (Å²) < 4.78 is 40.6. The molecular weight excluding hydrogens is 345 g/mol. The predicted octanol–water partition coefficient (Wildman–Crippen LogP) is 2.82. The fourth-order valence-corrected chi connectivity index (χ4v) is 2.97. The molecular formula is C19H17F3N2O2. The molecule has 2 amide bonds. The van der Waals surface area contributed by atoms with Gasteiger partial charge in [-0.3, -0.25) is 9.59 Å². The van der Waals surface area contributed by atoms with Gasteiger partial charge in [-0.2, -0.15) is 0 Å². The Hall–Kier alpha value is -2.83. The van der Waals surface area contributed by atoms with Crippen molar-refractivity contribution in [1.82, 2.24) is 5.32 Å². The van der Waals surface area contributed by atoms with Crippen molar-refractivity contribution in [1.29, 1.82) is 0 Å². The lowest BCUT2D eigenvalue weighted by molar-refractivity contribution is -0.126.